The van der Waals surface area contributed by atoms with Crippen molar-refractivity contribution in [2.75, 3.05) is 0 Å². The van der Waals surface area contributed by atoms with Crippen molar-refractivity contribution in [1.82, 2.24) is 25.5 Å². The molecule has 9 heteroatoms. The summed E-state index contributed by atoms with van der Waals surface area (Å²) in [6.07, 6.45) is -4.46. The first-order chi connectivity index (χ1) is 12.8. The summed E-state index contributed by atoms with van der Waals surface area (Å²) in [7, 11) is 0. The zero-order chi connectivity index (χ0) is 19.4. The van der Waals surface area contributed by atoms with Crippen molar-refractivity contribution < 1.29 is 18.0 Å². The SMILES string of the molecule is C[C@@H](NC(=O)Cn1nnc(-c2cccc(C(F)(F)F)c2)n1)c1ccccc1. The van der Waals surface area contributed by atoms with Crippen molar-refractivity contribution in [1.29, 1.82) is 0 Å². The number of carbonyl (C=O) groups is 1. The number of hydrogen-bond acceptors (Lipinski definition) is 4. The lowest BCUT2D eigenvalue weighted by molar-refractivity contribution is -0.137. The van der Waals surface area contributed by atoms with E-state index in [0.717, 1.165) is 22.5 Å². The van der Waals surface area contributed by atoms with Gasteiger partial charge < -0.3 is 5.32 Å². The molecule has 3 aromatic rings. The van der Waals surface area contributed by atoms with Crippen molar-refractivity contribution in [3.8, 4) is 11.4 Å². The Morgan fingerprint density at radius 2 is 1.89 bits per heavy atom. The number of tetrazole rings is 1. The minimum atomic E-state index is -4.46. The van der Waals surface area contributed by atoms with E-state index in [4.69, 9.17) is 0 Å². The Balaban J connectivity index is 1.67. The topological polar surface area (TPSA) is 72.7 Å². The maximum Gasteiger partial charge on any atom is 0.416 e. The summed E-state index contributed by atoms with van der Waals surface area (Å²) < 4.78 is 38.4. The summed E-state index contributed by atoms with van der Waals surface area (Å²) in [5.74, 6) is -0.315. The van der Waals surface area contributed by atoms with E-state index < -0.39 is 11.7 Å². The van der Waals surface area contributed by atoms with Gasteiger partial charge in [0.15, 0.2) is 0 Å². The molecule has 2 aromatic carbocycles. The van der Waals surface area contributed by atoms with Crippen LogP contribution in [0.2, 0.25) is 0 Å². The minimum Gasteiger partial charge on any atom is -0.348 e. The third-order valence-corrected chi connectivity index (χ3v) is 3.86. The van der Waals surface area contributed by atoms with Gasteiger partial charge in [-0.3, -0.25) is 4.79 Å². The van der Waals surface area contributed by atoms with Crippen LogP contribution in [-0.4, -0.2) is 26.1 Å². The number of benzene rings is 2. The van der Waals surface area contributed by atoms with Gasteiger partial charge in [0.25, 0.3) is 0 Å². The number of carbonyl (C=O) groups excluding carboxylic acids is 1. The van der Waals surface area contributed by atoms with Crippen LogP contribution in [0.3, 0.4) is 0 Å². The maximum absolute atomic E-state index is 12.8. The molecule has 6 nitrogen and oxygen atoms in total. The molecule has 0 bridgehead atoms. The number of aromatic nitrogens is 4. The number of amides is 1. The predicted molar refractivity (Wildman–Crippen MR) is 91.3 cm³/mol. The van der Waals surface area contributed by atoms with E-state index in [1.807, 2.05) is 37.3 Å². The molecule has 1 N–H and O–H groups in total. The van der Waals surface area contributed by atoms with E-state index in [9.17, 15) is 18.0 Å². The average Bonchev–Trinajstić information content (AvgIpc) is 3.10. The monoisotopic (exact) mass is 375 g/mol. The first kappa shape index (κ1) is 18.6. The molecule has 27 heavy (non-hydrogen) atoms. The van der Waals surface area contributed by atoms with Gasteiger partial charge in [-0.15, -0.1) is 10.2 Å². The van der Waals surface area contributed by atoms with Crippen LogP contribution in [0, 0.1) is 0 Å². The summed E-state index contributed by atoms with van der Waals surface area (Å²) in [5.41, 5.74) is 0.321. The molecule has 1 aromatic heterocycles. The lowest BCUT2D eigenvalue weighted by atomic mass is 10.1. The molecule has 140 valence electrons. The Labute approximate surface area is 153 Å². The molecule has 0 spiro atoms. The van der Waals surface area contributed by atoms with Gasteiger partial charge in [0, 0.05) is 5.56 Å². The van der Waals surface area contributed by atoms with E-state index in [2.05, 4.69) is 20.7 Å². The van der Waals surface area contributed by atoms with Crippen LogP contribution in [0.4, 0.5) is 13.2 Å². The second kappa shape index (κ2) is 7.56. The zero-order valence-corrected chi connectivity index (χ0v) is 14.3. The van der Waals surface area contributed by atoms with Crippen LogP contribution in [0.25, 0.3) is 11.4 Å². The van der Waals surface area contributed by atoms with Crippen LogP contribution in [0.5, 0.6) is 0 Å². The molecule has 0 aliphatic carbocycles. The molecule has 0 saturated heterocycles. The molecule has 0 aliphatic heterocycles. The molecule has 0 unspecified atom stereocenters. The highest BCUT2D eigenvalue weighted by atomic mass is 19.4. The van der Waals surface area contributed by atoms with E-state index >= 15 is 0 Å². The van der Waals surface area contributed by atoms with Crippen molar-refractivity contribution in [3.63, 3.8) is 0 Å². The highest BCUT2D eigenvalue weighted by Crippen LogP contribution is 2.31. The highest BCUT2D eigenvalue weighted by molar-refractivity contribution is 5.76. The maximum atomic E-state index is 12.8. The van der Waals surface area contributed by atoms with Gasteiger partial charge in [-0.25, -0.2) is 0 Å². The van der Waals surface area contributed by atoms with Crippen LogP contribution in [0.15, 0.2) is 54.6 Å². The molecule has 0 fully saturated rings. The number of rotatable bonds is 5. The van der Waals surface area contributed by atoms with Gasteiger partial charge in [0.05, 0.1) is 11.6 Å². The van der Waals surface area contributed by atoms with Gasteiger partial charge in [-0.1, -0.05) is 42.5 Å². The number of nitrogens with zero attached hydrogens (tertiary/aromatic N) is 4. The van der Waals surface area contributed by atoms with Gasteiger partial charge >= 0.3 is 6.18 Å². The van der Waals surface area contributed by atoms with E-state index in [1.165, 1.54) is 12.1 Å². The molecular weight excluding hydrogens is 359 g/mol. The van der Waals surface area contributed by atoms with E-state index in [1.54, 1.807) is 0 Å². The number of alkyl halides is 3. The Morgan fingerprint density at radius 3 is 2.59 bits per heavy atom. The van der Waals surface area contributed by atoms with Crippen molar-refractivity contribution >= 4 is 5.91 Å². The van der Waals surface area contributed by atoms with Gasteiger partial charge in [-0.2, -0.15) is 18.0 Å². The van der Waals surface area contributed by atoms with E-state index in [0.29, 0.717) is 0 Å². The Kier molecular flexibility index (Phi) is 5.20. The third kappa shape index (κ3) is 4.69. The average molecular weight is 375 g/mol. The first-order valence-electron chi connectivity index (χ1n) is 8.12. The normalized spacial score (nSPS) is 12.6. The summed E-state index contributed by atoms with van der Waals surface area (Å²) >= 11 is 0. The summed E-state index contributed by atoms with van der Waals surface area (Å²) in [4.78, 5) is 13.2. The number of hydrogen-bond donors (Lipinski definition) is 1. The smallest absolute Gasteiger partial charge is 0.348 e. The molecule has 1 heterocycles. The Morgan fingerprint density at radius 1 is 1.15 bits per heavy atom. The Hall–Kier alpha value is -3.23. The van der Waals surface area contributed by atoms with Crippen LogP contribution < -0.4 is 5.32 Å². The van der Waals surface area contributed by atoms with Crippen LogP contribution in [0.1, 0.15) is 24.1 Å². The fourth-order valence-electron chi connectivity index (χ4n) is 2.50. The summed E-state index contributed by atoms with van der Waals surface area (Å²) in [5, 5.41) is 14.3. The molecule has 0 saturated carbocycles. The third-order valence-electron chi connectivity index (χ3n) is 3.86. The quantitative estimate of drug-likeness (QED) is 0.743. The van der Waals surface area contributed by atoms with Crippen molar-refractivity contribution in [3.05, 3.63) is 65.7 Å². The van der Waals surface area contributed by atoms with Crippen LogP contribution in [-0.2, 0) is 17.5 Å². The number of halogens is 3. The lowest BCUT2D eigenvalue weighted by Crippen LogP contribution is -2.30. The highest BCUT2D eigenvalue weighted by Gasteiger charge is 2.30. The fourth-order valence-corrected chi connectivity index (χ4v) is 2.50. The summed E-state index contributed by atoms with van der Waals surface area (Å²) in [6, 6.07) is 13.8. The summed E-state index contributed by atoms with van der Waals surface area (Å²) in [6.45, 7) is 1.65. The molecule has 0 aliphatic rings. The standard InChI is InChI=1S/C18H16F3N5O/c1-12(13-6-3-2-4-7-13)22-16(27)11-26-24-17(23-25-26)14-8-5-9-15(10-14)18(19,20)21/h2-10,12H,11H2,1H3,(H,22,27)/t12-/m1/s1. The molecule has 1 amide bonds. The van der Waals surface area contributed by atoms with Gasteiger partial charge in [0.1, 0.15) is 6.54 Å². The molecular formula is C18H16F3N5O. The van der Waals surface area contributed by atoms with Crippen molar-refractivity contribution in [2.24, 2.45) is 0 Å². The molecule has 1 atom stereocenters. The van der Waals surface area contributed by atoms with E-state index in [-0.39, 0.29) is 29.9 Å². The van der Waals surface area contributed by atoms with Gasteiger partial charge in [0.2, 0.25) is 11.7 Å². The Bertz CT molecular complexity index is 924. The molecule has 0 radical (unpaired) electrons. The van der Waals surface area contributed by atoms with Crippen molar-refractivity contribution in [2.45, 2.75) is 25.7 Å². The predicted octanol–water partition coefficient (Wildman–Crippen LogP) is 3.24. The first-order valence-corrected chi connectivity index (χ1v) is 8.12. The second-order valence-electron chi connectivity index (χ2n) is 5.92. The largest absolute Gasteiger partial charge is 0.416 e. The van der Waals surface area contributed by atoms with Crippen LogP contribution >= 0.6 is 0 Å². The fraction of sp³-hybridized carbons (Fsp3) is 0.222. The number of nitrogens with one attached hydrogen (secondary N) is 1. The lowest BCUT2D eigenvalue weighted by Gasteiger charge is -2.13. The van der Waals surface area contributed by atoms with Gasteiger partial charge in [-0.05, 0) is 29.8 Å². The second-order valence-corrected chi connectivity index (χ2v) is 5.92. The molecule has 3 rings (SSSR count). The zero-order valence-electron chi connectivity index (χ0n) is 14.3. The minimum absolute atomic E-state index is 0.0185.